The smallest absolute Gasteiger partial charge is 0.250 e. The van der Waals surface area contributed by atoms with Gasteiger partial charge in [0.25, 0.3) is 0 Å². The van der Waals surface area contributed by atoms with Crippen molar-refractivity contribution in [2.75, 3.05) is 23.8 Å². The second-order valence-corrected chi connectivity index (χ2v) is 7.50. The molecule has 0 saturated heterocycles. The summed E-state index contributed by atoms with van der Waals surface area (Å²) >= 11 is 0. The van der Waals surface area contributed by atoms with Crippen LogP contribution in [0.15, 0.2) is 24.3 Å². The van der Waals surface area contributed by atoms with Crippen molar-refractivity contribution in [1.29, 1.82) is 0 Å². The monoisotopic (exact) mass is 342 g/mol. The summed E-state index contributed by atoms with van der Waals surface area (Å²) in [6.45, 7) is -0.0791. The number of ether oxygens (including phenoxy) is 1. The van der Waals surface area contributed by atoms with Crippen LogP contribution in [-0.4, -0.2) is 44.5 Å². The van der Waals surface area contributed by atoms with Crippen molar-refractivity contribution in [1.82, 2.24) is 0 Å². The van der Waals surface area contributed by atoms with Crippen LogP contribution in [0.2, 0.25) is 0 Å². The van der Waals surface area contributed by atoms with Crippen LogP contribution in [-0.2, 0) is 19.6 Å². The van der Waals surface area contributed by atoms with E-state index in [2.05, 4.69) is 10.0 Å². The molecule has 1 aliphatic rings. The lowest BCUT2D eigenvalue weighted by atomic mass is 9.97. The first kappa shape index (κ1) is 17.7. The number of carbonyl (C=O) groups is 1. The van der Waals surface area contributed by atoms with E-state index in [-0.39, 0.29) is 12.5 Å². The van der Waals surface area contributed by atoms with Gasteiger partial charge in [-0.2, -0.15) is 0 Å². The zero-order valence-electron chi connectivity index (χ0n) is 13.0. The minimum Gasteiger partial charge on any atom is -0.392 e. The number of aliphatic hydroxyl groups excluding tert-OH is 1. The molecule has 1 aromatic carbocycles. The van der Waals surface area contributed by atoms with Crippen molar-refractivity contribution in [2.45, 2.75) is 37.0 Å². The van der Waals surface area contributed by atoms with Crippen molar-refractivity contribution in [2.24, 2.45) is 0 Å². The summed E-state index contributed by atoms with van der Waals surface area (Å²) in [5, 5.41) is 11.7. The Balaban J connectivity index is 2.08. The maximum absolute atomic E-state index is 12.4. The van der Waals surface area contributed by atoms with Crippen LogP contribution in [0.1, 0.15) is 25.7 Å². The number of rotatable bonds is 6. The van der Waals surface area contributed by atoms with Gasteiger partial charge in [0.15, 0.2) is 0 Å². The van der Waals surface area contributed by atoms with Crippen LogP contribution in [0, 0.1) is 0 Å². The quantitative estimate of drug-likeness (QED) is 0.723. The molecule has 2 unspecified atom stereocenters. The largest absolute Gasteiger partial charge is 0.392 e. The number of anilines is 2. The molecular formula is C15H22N2O5S. The highest BCUT2D eigenvalue weighted by molar-refractivity contribution is 7.93. The maximum atomic E-state index is 12.4. The molecule has 8 heteroatoms. The SMILES string of the molecule is COCC(=O)Nc1cccc(NS(=O)(=O)C2CCCCC2O)c1. The highest BCUT2D eigenvalue weighted by Crippen LogP contribution is 2.26. The Bertz CT molecular complexity index is 647. The molecule has 0 heterocycles. The zero-order chi connectivity index (χ0) is 16.9. The summed E-state index contributed by atoms with van der Waals surface area (Å²) in [4.78, 5) is 11.5. The van der Waals surface area contributed by atoms with Crippen LogP contribution in [0.5, 0.6) is 0 Å². The Kier molecular flexibility index (Phi) is 5.97. The lowest BCUT2D eigenvalue weighted by Gasteiger charge is -2.27. The molecule has 0 aromatic heterocycles. The molecule has 1 amide bonds. The Labute approximate surface area is 136 Å². The summed E-state index contributed by atoms with van der Waals surface area (Å²) in [7, 11) is -2.26. The van der Waals surface area contributed by atoms with Gasteiger partial charge in [-0.25, -0.2) is 8.42 Å². The number of aliphatic hydroxyl groups is 1. The second kappa shape index (κ2) is 7.76. The van der Waals surface area contributed by atoms with Crippen molar-refractivity contribution >= 4 is 27.3 Å². The zero-order valence-corrected chi connectivity index (χ0v) is 13.8. The van der Waals surface area contributed by atoms with E-state index in [1.165, 1.54) is 13.2 Å². The first-order chi connectivity index (χ1) is 10.9. The van der Waals surface area contributed by atoms with Crippen LogP contribution in [0.4, 0.5) is 11.4 Å². The molecule has 23 heavy (non-hydrogen) atoms. The van der Waals surface area contributed by atoms with E-state index in [4.69, 9.17) is 4.74 Å². The fourth-order valence-electron chi connectivity index (χ4n) is 2.67. The van der Waals surface area contributed by atoms with Gasteiger partial charge in [-0.3, -0.25) is 9.52 Å². The van der Waals surface area contributed by atoms with Gasteiger partial charge >= 0.3 is 0 Å². The maximum Gasteiger partial charge on any atom is 0.250 e. The average molecular weight is 342 g/mol. The van der Waals surface area contributed by atoms with Crippen molar-refractivity contribution in [3.8, 4) is 0 Å². The first-order valence-corrected chi connectivity index (χ1v) is 9.05. The minimum atomic E-state index is -3.68. The predicted octanol–water partition coefficient (Wildman–Crippen LogP) is 1.32. The van der Waals surface area contributed by atoms with Gasteiger partial charge in [0.1, 0.15) is 11.9 Å². The number of nitrogens with one attached hydrogen (secondary N) is 2. The third-order valence-corrected chi connectivity index (χ3v) is 5.62. The van der Waals surface area contributed by atoms with E-state index >= 15 is 0 Å². The van der Waals surface area contributed by atoms with Crippen molar-refractivity contribution < 1.29 is 23.1 Å². The minimum absolute atomic E-state index is 0.0791. The summed E-state index contributed by atoms with van der Waals surface area (Å²) in [6.07, 6.45) is 1.73. The molecule has 0 spiro atoms. The molecule has 0 bridgehead atoms. The third-order valence-electron chi connectivity index (χ3n) is 3.75. The van der Waals surface area contributed by atoms with Gasteiger partial charge in [0.05, 0.1) is 11.8 Å². The molecule has 2 rings (SSSR count). The van der Waals surface area contributed by atoms with E-state index < -0.39 is 21.4 Å². The topological polar surface area (TPSA) is 105 Å². The second-order valence-electron chi connectivity index (χ2n) is 5.60. The molecule has 1 saturated carbocycles. The average Bonchev–Trinajstić information content (AvgIpc) is 2.47. The van der Waals surface area contributed by atoms with Gasteiger partial charge in [-0.05, 0) is 31.0 Å². The van der Waals surface area contributed by atoms with E-state index in [0.29, 0.717) is 24.2 Å². The molecule has 2 atom stereocenters. The number of hydrogen-bond donors (Lipinski definition) is 3. The highest BCUT2D eigenvalue weighted by atomic mass is 32.2. The van der Waals surface area contributed by atoms with Gasteiger partial charge in [0, 0.05) is 12.8 Å². The van der Waals surface area contributed by atoms with Gasteiger partial charge in [-0.15, -0.1) is 0 Å². The first-order valence-electron chi connectivity index (χ1n) is 7.51. The van der Waals surface area contributed by atoms with E-state index in [0.717, 1.165) is 12.8 Å². The Morgan fingerprint density at radius 3 is 2.70 bits per heavy atom. The van der Waals surface area contributed by atoms with E-state index in [1.807, 2.05) is 0 Å². The number of amides is 1. The van der Waals surface area contributed by atoms with Gasteiger partial charge in [-0.1, -0.05) is 18.9 Å². The van der Waals surface area contributed by atoms with Crippen LogP contribution in [0.25, 0.3) is 0 Å². The van der Waals surface area contributed by atoms with Crippen LogP contribution >= 0.6 is 0 Å². The number of benzene rings is 1. The Morgan fingerprint density at radius 1 is 1.30 bits per heavy atom. The molecule has 0 radical (unpaired) electrons. The molecule has 1 aliphatic carbocycles. The predicted molar refractivity (Wildman–Crippen MR) is 87.8 cm³/mol. The van der Waals surface area contributed by atoms with Gasteiger partial charge in [0.2, 0.25) is 15.9 Å². The molecule has 1 fully saturated rings. The fraction of sp³-hybridized carbons (Fsp3) is 0.533. The van der Waals surface area contributed by atoms with E-state index in [1.54, 1.807) is 18.2 Å². The highest BCUT2D eigenvalue weighted by Gasteiger charge is 2.34. The van der Waals surface area contributed by atoms with Crippen molar-refractivity contribution in [3.05, 3.63) is 24.3 Å². The molecule has 7 nitrogen and oxygen atoms in total. The van der Waals surface area contributed by atoms with Crippen LogP contribution in [0.3, 0.4) is 0 Å². The summed E-state index contributed by atoms with van der Waals surface area (Å²) in [6, 6.07) is 6.41. The van der Waals surface area contributed by atoms with Crippen molar-refractivity contribution in [3.63, 3.8) is 0 Å². The number of carbonyl (C=O) groups excluding carboxylic acids is 1. The Morgan fingerprint density at radius 2 is 2.00 bits per heavy atom. The summed E-state index contributed by atoms with van der Waals surface area (Å²) < 4.78 is 32.1. The molecule has 3 N–H and O–H groups in total. The number of hydrogen-bond acceptors (Lipinski definition) is 5. The Hall–Kier alpha value is -1.64. The normalized spacial score (nSPS) is 21.7. The number of sulfonamides is 1. The summed E-state index contributed by atoms with van der Waals surface area (Å²) in [5.74, 6) is -0.324. The van der Waals surface area contributed by atoms with Crippen LogP contribution < -0.4 is 10.0 Å². The molecule has 0 aliphatic heterocycles. The lowest BCUT2D eigenvalue weighted by Crippen LogP contribution is -2.40. The lowest BCUT2D eigenvalue weighted by molar-refractivity contribution is -0.119. The molecular weight excluding hydrogens is 320 g/mol. The fourth-order valence-corrected chi connectivity index (χ4v) is 4.30. The standard InChI is InChI=1S/C15H22N2O5S/c1-22-10-15(19)16-11-5-4-6-12(9-11)17-23(20,21)14-8-3-2-7-13(14)18/h4-6,9,13-14,17-18H,2-3,7-8,10H2,1H3,(H,16,19). The third kappa shape index (κ3) is 4.92. The molecule has 128 valence electrons. The molecule has 1 aromatic rings. The van der Waals surface area contributed by atoms with Gasteiger partial charge < -0.3 is 15.2 Å². The van der Waals surface area contributed by atoms with E-state index in [9.17, 15) is 18.3 Å². The summed E-state index contributed by atoms with van der Waals surface area (Å²) in [5.41, 5.74) is 0.814. The number of methoxy groups -OCH3 is 1.